The van der Waals surface area contributed by atoms with Gasteiger partial charge in [0, 0.05) is 17.9 Å². The summed E-state index contributed by atoms with van der Waals surface area (Å²) in [5.74, 6) is -3.76. The van der Waals surface area contributed by atoms with E-state index < -0.39 is 86.6 Å². The summed E-state index contributed by atoms with van der Waals surface area (Å²) in [6.45, 7) is 7.05. The van der Waals surface area contributed by atoms with Crippen LogP contribution in [0.5, 0.6) is 0 Å². The van der Waals surface area contributed by atoms with E-state index in [1.165, 1.54) is 21.9 Å². The number of halogens is 1. The minimum absolute atomic E-state index is 0.0272. The van der Waals surface area contributed by atoms with Crippen molar-refractivity contribution in [1.29, 1.82) is 0 Å². The van der Waals surface area contributed by atoms with Crippen LogP contribution in [0.15, 0.2) is 30.9 Å². The van der Waals surface area contributed by atoms with Gasteiger partial charge in [-0.15, -0.1) is 6.58 Å². The summed E-state index contributed by atoms with van der Waals surface area (Å²) in [6, 6.07) is 0.593. The molecule has 3 heterocycles. The Morgan fingerprint density at radius 1 is 1.16 bits per heavy atom. The zero-order valence-corrected chi connectivity index (χ0v) is 28.8. The highest BCUT2D eigenvalue weighted by Crippen LogP contribution is 2.45. The van der Waals surface area contributed by atoms with Gasteiger partial charge in [-0.1, -0.05) is 38.1 Å². The number of hydrogen-bond donors (Lipinski definition) is 3. The molecule has 5 atom stereocenters. The van der Waals surface area contributed by atoms with Crippen molar-refractivity contribution in [3.05, 3.63) is 53.4 Å². The lowest BCUT2D eigenvalue weighted by atomic mass is 10.0. The van der Waals surface area contributed by atoms with Crippen molar-refractivity contribution in [2.75, 3.05) is 13.2 Å². The highest BCUT2D eigenvalue weighted by atomic mass is 32.2. The predicted molar refractivity (Wildman–Crippen MR) is 177 cm³/mol. The number of allylic oxidation sites excluding steroid dienone is 1. The molecule has 2 aliphatic carbocycles. The molecule has 16 heteroatoms. The smallest absolute Gasteiger partial charge is 0.410 e. The van der Waals surface area contributed by atoms with Crippen molar-refractivity contribution in [2.45, 2.75) is 94.4 Å². The summed E-state index contributed by atoms with van der Waals surface area (Å²) in [5.41, 5.74) is 0.141. The van der Waals surface area contributed by atoms with Crippen LogP contribution in [-0.4, -0.2) is 90.3 Å². The number of carbonyl (C=O) groups excluding carboxylic acids is 5. The Morgan fingerprint density at radius 3 is 2.58 bits per heavy atom. The van der Waals surface area contributed by atoms with Crippen LogP contribution >= 0.6 is 0 Å². The first kappa shape index (κ1) is 35.4. The molecule has 3 N–H and O–H groups in total. The Kier molecular flexibility index (Phi) is 9.68. The van der Waals surface area contributed by atoms with Gasteiger partial charge in [0.15, 0.2) is 0 Å². The minimum atomic E-state index is -3.92. The van der Waals surface area contributed by atoms with Crippen molar-refractivity contribution < 1.29 is 46.3 Å². The van der Waals surface area contributed by atoms with Crippen molar-refractivity contribution >= 4 is 46.0 Å². The van der Waals surface area contributed by atoms with Crippen LogP contribution in [-0.2, 0) is 47.0 Å². The Morgan fingerprint density at radius 2 is 1.90 bits per heavy atom. The van der Waals surface area contributed by atoms with E-state index in [0.717, 1.165) is 5.56 Å². The predicted octanol–water partition coefficient (Wildman–Crippen LogP) is 2.47. The normalized spacial score (nSPS) is 29.2. The number of fused-ring (bicyclic) bond motifs is 3. The topological polar surface area (TPSA) is 181 Å². The lowest BCUT2D eigenvalue weighted by Gasteiger charge is -2.31. The second kappa shape index (κ2) is 13.7. The maximum Gasteiger partial charge on any atom is 0.410 e. The lowest BCUT2D eigenvalue weighted by Crippen LogP contribution is -2.59. The summed E-state index contributed by atoms with van der Waals surface area (Å²) in [4.78, 5) is 70.3. The van der Waals surface area contributed by atoms with Gasteiger partial charge in [-0.3, -0.25) is 24.0 Å². The van der Waals surface area contributed by atoms with E-state index >= 15 is 0 Å². The van der Waals surface area contributed by atoms with Crippen LogP contribution in [0.4, 0.5) is 14.0 Å². The van der Waals surface area contributed by atoms with Gasteiger partial charge in [-0.25, -0.2) is 22.4 Å². The molecule has 6 rings (SSSR count). The van der Waals surface area contributed by atoms with Crippen LogP contribution in [0.2, 0.25) is 0 Å². The lowest BCUT2D eigenvalue weighted by molar-refractivity contribution is -0.141. The number of sulfonamides is 1. The Labute approximate surface area is 289 Å². The fraction of sp³-hybridized carbons (Fsp3) is 0.559. The van der Waals surface area contributed by atoms with E-state index in [0.29, 0.717) is 36.8 Å². The third kappa shape index (κ3) is 7.07. The van der Waals surface area contributed by atoms with Crippen molar-refractivity contribution in [1.82, 2.24) is 25.2 Å². The molecule has 5 amide bonds. The summed E-state index contributed by atoms with van der Waals surface area (Å²) in [5, 5.41) is 4.62. The molecule has 1 saturated heterocycles. The summed E-state index contributed by atoms with van der Waals surface area (Å²) < 4.78 is 53.3. The number of benzene rings is 1. The molecule has 1 aromatic rings. The number of amides is 5. The fourth-order valence-electron chi connectivity index (χ4n) is 6.81. The van der Waals surface area contributed by atoms with Gasteiger partial charge in [0.2, 0.25) is 21.8 Å². The average molecular weight is 716 g/mol. The largest absolute Gasteiger partial charge is 0.450 e. The minimum Gasteiger partial charge on any atom is -0.450 e. The molecule has 0 unspecified atom stereocenters. The highest BCUT2D eigenvalue weighted by molar-refractivity contribution is 7.91. The highest BCUT2D eigenvalue weighted by Gasteiger charge is 2.62. The van der Waals surface area contributed by atoms with Crippen LogP contribution in [0.1, 0.15) is 69.1 Å². The Balaban J connectivity index is 1.27. The first-order chi connectivity index (χ1) is 23.7. The Hall–Kier alpha value is -4.47. The van der Waals surface area contributed by atoms with Crippen molar-refractivity contribution in [3.63, 3.8) is 0 Å². The molecule has 0 aromatic heterocycles. The van der Waals surface area contributed by atoms with Gasteiger partial charge in [-0.2, -0.15) is 0 Å². The van der Waals surface area contributed by atoms with E-state index in [1.807, 2.05) is 12.2 Å². The molecule has 0 spiro atoms. The van der Waals surface area contributed by atoms with Crippen LogP contribution in [0.3, 0.4) is 0 Å². The number of alkyl carbamates (subject to hydrolysis) is 1. The van der Waals surface area contributed by atoms with E-state index in [4.69, 9.17) is 9.47 Å². The molecule has 3 fully saturated rings. The van der Waals surface area contributed by atoms with Gasteiger partial charge in [-0.05, 0) is 55.2 Å². The number of cyclic esters (lactones) is 1. The standard InChI is InChI=1S/C34H42FN5O9S/c1-4-21-15-34(21,31(43)38-50(46,47)23-10-11-23)37-29(41)27-14-22-16-40(27)30(42)28(19(2)3)36-32(44)48-13-7-5-6-8-20-9-12-26(35)25-18-39(17-24(20)25)33(45)49-22/h4,6,8-9,12,19,21-23,27-28H,1,5,7,10-11,13-18H2,2-3H3,(H,36,44)(H,37,41)(H,38,43)/b8-6+/t21-,22+,27-,28-,34+/m0/s1. The number of carbonyl (C=O) groups is 5. The molecule has 4 bridgehead atoms. The Bertz CT molecular complexity index is 1750. The second-order valence-corrected chi connectivity index (χ2v) is 15.9. The van der Waals surface area contributed by atoms with E-state index in [1.54, 1.807) is 19.9 Å². The number of ether oxygens (including phenoxy) is 2. The fourth-order valence-corrected chi connectivity index (χ4v) is 8.18. The molecule has 3 aliphatic heterocycles. The van der Waals surface area contributed by atoms with Gasteiger partial charge < -0.3 is 25.0 Å². The molecule has 5 aliphatic rings. The zero-order chi connectivity index (χ0) is 36.0. The van der Waals surface area contributed by atoms with Crippen LogP contribution < -0.4 is 15.4 Å². The van der Waals surface area contributed by atoms with Crippen LogP contribution in [0.25, 0.3) is 6.08 Å². The van der Waals surface area contributed by atoms with Gasteiger partial charge in [0.1, 0.15) is 29.5 Å². The molecule has 50 heavy (non-hydrogen) atoms. The molecular weight excluding hydrogens is 673 g/mol. The second-order valence-electron chi connectivity index (χ2n) is 13.9. The quantitative estimate of drug-likeness (QED) is 0.358. The summed E-state index contributed by atoms with van der Waals surface area (Å²) >= 11 is 0. The maximum absolute atomic E-state index is 14.8. The van der Waals surface area contributed by atoms with Crippen LogP contribution in [0, 0.1) is 17.7 Å². The molecule has 1 aromatic carbocycles. The third-order valence-corrected chi connectivity index (χ3v) is 11.8. The number of nitrogens with one attached hydrogen (secondary N) is 3. The first-order valence-electron chi connectivity index (χ1n) is 16.9. The van der Waals surface area contributed by atoms with Crippen molar-refractivity contribution in [2.24, 2.45) is 11.8 Å². The number of rotatable bonds is 7. The van der Waals surface area contributed by atoms with Gasteiger partial charge in [0.05, 0.1) is 31.5 Å². The summed E-state index contributed by atoms with van der Waals surface area (Å²) in [6.07, 6.45) is 4.42. The van der Waals surface area contributed by atoms with E-state index in [2.05, 4.69) is 21.9 Å². The van der Waals surface area contributed by atoms with Gasteiger partial charge in [0.25, 0.3) is 5.91 Å². The van der Waals surface area contributed by atoms with Gasteiger partial charge >= 0.3 is 12.2 Å². The first-order valence-corrected chi connectivity index (χ1v) is 18.5. The SMILES string of the molecule is C=C[C@H]1C[C@]1(NC(=O)[C@@H]1C[C@@H]2CN1C(=O)[C@H](C(C)C)NC(=O)OCCC/C=C/c1ccc(F)c3c1CN(C3)C(=O)O2)C(=O)NS(=O)(=O)C1CC1. The molecule has 2 saturated carbocycles. The average Bonchev–Trinajstić information content (AvgIpc) is 3.95. The zero-order valence-electron chi connectivity index (χ0n) is 28.0. The molecule has 0 radical (unpaired) electrons. The summed E-state index contributed by atoms with van der Waals surface area (Å²) in [7, 11) is -3.92. The number of hydrogen-bond acceptors (Lipinski definition) is 9. The number of nitrogens with zero attached hydrogens (tertiary/aromatic N) is 2. The molecular formula is C34H42FN5O9S. The van der Waals surface area contributed by atoms with E-state index in [9.17, 15) is 36.8 Å². The van der Waals surface area contributed by atoms with Crippen molar-refractivity contribution in [3.8, 4) is 0 Å². The molecule has 14 nitrogen and oxygen atoms in total. The monoisotopic (exact) mass is 715 g/mol. The van der Waals surface area contributed by atoms with E-state index in [-0.39, 0.29) is 39.1 Å². The molecule has 270 valence electrons. The third-order valence-electron chi connectivity index (χ3n) is 9.98. The maximum atomic E-state index is 14.8.